The third-order valence-electron chi connectivity index (χ3n) is 5.31. The Morgan fingerprint density at radius 2 is 2.20 bits per heavy atom. The number of rotatable bonds is 6. The molecule has 0 spiro atoms. The molecule has 1 aromatic rings. The van der Waals surface area contributed by atoms with E-state index >= 15 is 0 Å². The van der Waals surface area contributed by atoms with Crippen molar-refractivity contribution in [3.8, 4) is 0 Å². The number of fused-ring (bicyclic) bond motifs is 2. The molecule has 0 saturated heterocycles. The quantitative estimate of drug-likeness (QED) is 0.787. The molecule has 1 nitrogen and oxygen atoms in total. The molecule has 4 atom stereocenters. The van der Waals surface area contributed by atoms with E-state index in [2.05, 4.69) is 52.4 Å². The predicted molar refractivity (Wildman–Crippen MR) is 88.9 cm³/mol. The number of benzene rings is 1. The van der Waals surface area contributed by atoms with E-state index in [1.54, 1.807) is 0 Å². The van der Waals surface area contributed by atoms with Crippen molar-refractivity contribution < 1.29 is 0 Å². The van der Waals surface area contributed by atoms with Crippen LogP contribution in [0.15, 0.2) is 28.7 Å². The lowest BCUT2D eigenvalue weighted by atomic mass is 9.81. The normalized spacial score (nSPS) is 29.8. The average molecular weight is 336 g/mol. The van der Waals surface area contributed by atoms with Gasteiger partial charge in [-0.3, -0.25) is 0 Å². The number of halogens is 1. The second-order valence-corrected chi connectivity index (χ2v) is 7.65. The minimum absolute atomic E-state index is 0.680. The third-order valence-corrected chi connectivity index (χ3v) is 5.80. The van der Waals surface area contributed by atoms with Gasteiger partial charge in [0.1, 0.15) is 0 Å². The Balaban J connectivity index is 1.69. The van der Waals surface area contributed by atoms with Gasteiger partial charge in [0.25, 0.3) is 0 Å². The third kappa shape index (κ3) is 3.28. The molecular weight excluding hydrogens is 310 g/mol. The van der Waals surface area contributed by atoms with Gasteiger partial charge >= 0.3 is 0 Å². The fourth-order valence-electron chi connectivity index (χ4n) is 4.41. The SMILES string of the molecule is CCCNC(Cc1cccc(Br)c1)C1CC2CCC1C2. The molecule has 2 bridgehead atoms. The van der Waals surface area contributed by atoms with Crippen molar-refractivity contribution in [1.29, 1.82) is 0 Å². The predicted octanol–water partition coefficient (Wildman–Crippen LogP) is 4.80. The van der Waals surface area contributed by atoms with Crippen molar-refractivity contribution in [3.63, 3.8) is 0 Å². The van der Waals surface area contributed by atoms with Gasteiger partial charge < -0.3 is 5.32 Å². The van der Waals surface area contributed by atoms with Crippen LogP contribution >= 0.6 is 15.9 Å². The fourth-order valence-corrected chi connectivity index (χ4v) is 4.86. The van der Waals surface area contributed by atoms with Gasteiger partial charge in [-0.2, -0.15) is 0 Å². The highest BCUT2D eigenvalue weighted by atomic mass is 79.9. The number of nitrogens with one attached hydrogen (secondary N) is 1. The van der Waals surface area contributed by atoms with Crippen LogP contribution in [0.4, 0.5) is 0 Å². The van der Waals surface area contributed by atoms with Crippen LogP contribution in [0.2, 0.25) is 0 Å². The molecule has 0 aromatic heterocycles. The van der Waals surface area contributed by atoms with Crippen molar-refractivity contribution in [1.82, 2.24) is 5.32 Å². The summed E-state index contributed by atoms with van der Waals surface area (Å²) in [5, 5.41) is 3.85. The zero-order chi connectivity index (χ0) is 13.9. The van der Waals surface area contributed by atoms with Crippen molar-refractivity contribution in [3.05, 3.63) is 34.3 Å². The van der Waals surface area contributed by atoms with E-state index in [-0.39, 0.29) is 0 Å². The van der Waals surface area contributed by atoms with Crippen LogP contribution in [0.1, 0.15) is 44.6 Å². The number of hydrogen-bond donors (Lipinski definition) is 1. The van der Waals surface area contributed by atoms with E-state index in [1.165, 1.54) is 48.6 Å². The van der Waals surface area contributed by atoms with Crippen LogP contribution in [-0.4, -0.2) is 12.6 Å². The second kappa shape index (κ2) is 6.62. The molecule has 0 aliphatic heterocycles. The highest BCUT2D eigenvalue weighted by Crippen LogP contribution is 2.49. The van der Waals surface area contributed by atoms with Crippen LogP contribution in [-0.2, 0) is 6.42 Å². The standard InChI is InChI=1S/C18H26BrN/c1-2-8-20-18(12-13-4-3-5-16(19)10-13)17-11-14-6-7-15(17)9-14/h3-5,10,14-15,17-18,20H,2,6-9,11-12H2,1H3. The molecule has 0 amide bonds. The summed E-state index contributed by atoms with van der Waals surface area (Å²) in [5.74, 6) is 2.96. The molecule has 2 aliphatic carbocycles. The van der Waals surface area contributed by atoms with Gasteiger partial charge in [0, 0.05) is 10.5 Å². The maximum absolute atomic E-state index is 3.85. The molecule has 20 heavy (non-hydrogen) atoms. The molecule has 0 heterocycles. The zero-order valence-corrected chi connectivity index (χ0v) is 14.0. The van der Waals surface area contributed by atoms with Gasteiger partial charge in [0.15, 0.2) is 0 Å². The van der Waals surface area contributed by atoms with E-state index in [4.69, 9.17) is 0 Å². The molecule has 2 fully saturated rings. The summed E-state index contributed by atoms with van der Waals surface area (Å²) in [6.07, 6.45) is 8.38. The smallest absolute Gasteiger partial charge is 0.0178 e. The summed E-state index contributed by atoms with van der Waals surface area (Å²) in [4.78, 5) is 0. The molecule has 110 valence electrons. The van der Waals surface area contributed by atoms with Gasteiger partial charge in [-0.25, -0.2) is 0 Å². The molecular formula is C18H26BrN. The first-order valence-electron chi connectivity index (χ1n) is 8.24. The highest BCUT2D eigenvalue weighted by molar-refractivity contribution is 9.10. The van der Waals surface area contributed by atoms with E-state index in [0.29, 0.717) is 6.04 Å². The summed E-state index contributed by atoms with van der Waals surface area (Å²) in [6.45, 7) is 3.43. The molecule has 4 unspecified atom stereocenters. The molecule has 0 radical (unpaired) electrons. The monoisotopic (exact) mass is 335 g/mol. The highest BCUT2D eigenvalue weighted by Gasteiger charge is 2.42. The van der Waals surface area contributed by atoms with Gasteiger partial charge in [-0.15, -0.1) is 0 Å². The fraction of sp³-hybridized carbons (Fsp3) is 0.667. The topological polar surface area (TPSA) is 12.0 Å². The average Bonchev–Trinajstić information content (AvgIpc) is 3.06. The van der Waals surface area contributed by atoms with E-state index in [9.17, 15) is 0 Å². The lowest BCUT2D eigenvalue weighted by molar-refractivity contribution is 0.247. The zero-order valence-electron chi connectivity index (χ0n) is 12.4. The van der Waals surface area contributed by atoms with Crippen LogP contribution in [0, 0.1) is 17.8 Å². The Morgan fingerprint density at radius 1 is 1.30 bits per heavy atom. The van der Waals surface area contributed by atoms with Crippen molar-refractivity contribution in [2.45, 2.75) is 51.5 Å². The largest absolute Gasteiger partial charge is 0.313 e. The van der Waals surface area contributed by atoms with Gasteiger partial charge in [-0.1, -0.05) is 41.4 Å². The Hall–Kier alpha value is -0.340. The second-order valence-electron chi connectivity index (χ2n) is 6.73. The first-order chi connectivity index (χ1) is 9.76. The summed E-state index contributed by atoms with van der Waals surface area (Å²) in [7, 11) is 0. The Bertz CT molecular complexity index is 445. The maximum atomic E-state index is 3.85. The molecule has 1 N–H and O–H groups in total. The van der Waals surface area contributed by atoms with Gasteiger partial charge in [0.05, 0.1) is 0 Å². The molecule has 3 rings (SSSR count). The minimum Gasteiger partial charge on any atom is -0.313 e. The first kappa shape index (κ1) is 14.6. The van der Waals surface area contributed by atoms with E-state index in [1.807, 2.05) is 0 Å². The van der Waals surface area contributed by atoms with Crippen LogP contribution < -0.4 is 5.32 Å². The summed E-state index contributed by atoms with van der Waals surface area (Å²) in [5.41, 5.74) is 1.47. The van der Waals surface area contributed by atoms with Crippen molar-refractivity contribution >= 4 is 15.9 Å². The maximum Gasteiger partial charge on any atom is 0.0178 e. The van der Waals surface area contributed by atoms with Crippen LogP contribution in [0.3, 0.4) is 0 Å². The molecule has 2 saturated carbocycles. The van der Waals surface area contributed by atoms with Crippen molar-refractivity contribution in [2.75, 3.05) is 6.54 Å². The van der Waals surface area contributed by atoms with Crippen molar-refractivity contribution in [2.24, 2.45) is 17.8 Å². The van der Waals surface area contributed by atoms with E-state index < -0.39 is 0 Å². The molecule has 2 heteroatoms. The lowest BCUT2D eigenvalue weighted by Crippen LogP contribution is -2.40. The van der Waals surface area contributed by atoms with E-state index in [0.717, 1.165) is 24.3 Å². The summed E-state index contributed by atoms with van der Waals surface area (Å²) in [6, 6.07) is 9.53. The van der Waals surface area contributed by atoms with Gasteiger partial charge in [-0.05, 0) is 74.1 Å². The minimum atomic E-state index is 0.680. The van der Waals surface area contributed by atoms with Gasteiger partial charge in [0.2, 0.25) is 0 Å². The van der Waals surface area contributed by atoms with Crippen LogP contribution in [0.25, 0.3) is 0 Å². The Morgan fingerprint density at radius 3 is 2.85 bits per heavy atom. The Kier molecular flexibility index (Phi) is 4.83. The number of hydrogen-bond acceptors (Lipinski definition) is 1. The Labute approximate surface area is 131 Å². The molecule has 1 aromatic carbocycles. The van der Waals surface area contributed by atoms with Crippen LogP contribution in [0.5, 0.6) is 0 Å². The first-order valence-corrected chi connectivity index (χ1v) is 9.03. The lowest BCUT2D eigenvalue weighted by Gasteiger charge is -2.31. The summed E-state index contributed by atoms with van der Waals surface area (Å²) >= 11 is 3.60. The molecule has 2 aliphatic rings. The summed E-state index contributed by atoms with van der Waals surface area (Å²) < 4.78 is 1.21.